The largest absolute Gasteiger partial charge is 0.484 e. The van der Waals surface area contributed by atoms with Crippen molar-refractivity contribution in [3.63, 3.8) is 0 Å². The second-order valence-electron chi connectivity index (χ2n) is 7.07. The third-order valence-electron chi connectivity index (χ3n) is 4.91. The SMILES string of the molecule is CN(c1ccc(OCC(=O)N(Cc2ccsc2)C2CC2)cc1)S(=O)(=O)c1cccs1. The molecule has 1 aliphatic rings. The summed E-state index contributed by atoms with van der Waals surface area (Å²) in [6.07, 6.45) is 2.07. The number of sulfonamides is 1. The molecule has 1 fully saturated rings. The first-order valence-corrected chi connectivity index (χ1v) is 12.8. The molecule has 0 spiro atoms. The van der Waals surface area contributed by atoms with Crippen molar-refractivity contribution >= 4 is 44.3 Å². The first-order chi connectivity index (χ1) is 14.4. The number of carbonyl (C=O) groups excluding carboxylic acids is 1. The van der Waals surface area contributed by atoms with Crippen molar-refractivity contribution in [1.82, 2.24) is 4.90 Å². The van der Waals surface area contributed by atoms with Gasteiger partial charge in [-0.1, -0.05) is 6.07 Å². The highest BCUT2D eigenvalue weighted by atomic mass is 32.2. The number of rotatable bonds is 9. The van der Waals surface area contributed by atoms with Crippen molar-refractivity contribution in [2.45, 2.75) is 29.6 Å². The summed E-state index contributed by atoms with van der Waals surface area (Å²) in [7, 11) is -2.05. The maximum Gasteiger partial charge on any atom is 0.273 e. The number of thiophene rings is 2. The van der Waals surface area contributed by atoms with Gasteiger partial charge >= 0.3 is 0 Å². The molecule has 1 amide bonds. The number of hydrogen-bond acceptors (Lipinski definition) is 6. The summed E-state index contributed by atoms with van der Waals surface area (Å²) < 4.78 is 32.5. The molecule has 0 saturated heterocycles. The third-order valence-corrected chi connectivity index (χ3v) is 8.80. The fourth-order valence-corrected chi connectivity index (χ4v) is 6.07. The van der Waals surface area contributed by atoms with Crippen LogP contribution in [0.5, 0.6) is 5.75 Å². The number of ether oxygens (including phenoxy) is 1. The van der Waals surface area contributed by atoms with Crippen molar-refractivity contribution in [3.05, 3.63) is 64.2 Å². The van der Waals surface area contributed by atoms with Crippen molar-refractivity contribution in [2.75, 3.05) is 18.0 Å². The lowest BCUT2D eigenvalue weighted by Crippen LogP contribution is -2.36. The van der Waals surface area contributed by atoms with Crippen LogP contribution in [0.15, 0.2) is 62.8 Å². The fourth-order valence-electron chi connectivity index (χ4n) is 3.05. The molecule has 0 atom stereocenters. The van der Waals surface area contributed by atoms with Gasteiger partial charge in [-0.25, -0.2) is 8.42 Å². The lowest BCUT2D eigenvalue weighted by atomic mass is 10.3. The molecule has 1 saturated carbocycles. The summed E-state index contributed by atoms with van der Waals surface area (Å²) in [6.45, 7) is 0.573. The van der Waals surface area contributed by atoms with Crippen LogP contribution in [0.1, 0.15) is 18.4 Å². The molecule has 6 nitrogen and oxygen atoms in total. The minimum atomic E-state index is -3.57. The Balaban J connectivity index is 1.37. The van der Waals surface area contributed by atoms with E-state index in [0.29, 0.717) is 28.2 Å². The summed E-state index contributed by atoms with van der Waals surface area (Å²) >= 11 is 2.81. The van der Waals surface area contributed by atoms with Gasteiger partial charge in [-0.05, 0) is 70.9 Å². The Morgan fingerprint density at radius 3 is 2.50 bits per heavy atom. The third kappa shape index (κ3) is 4.69. The molecular formula is C21H22N2O4S3. The Morgan fingerprint density at radius 1 is 1.13 bits per heavy atom. The van der Waals surface area contributed by atoms with Gasteiger partial charge in [0.15, 0.2) is 6.61 Å². The normalized spacial score (nSPS) is 13.8. The Hall–Kier alpha value is -2.36. The van der Waals surface area contributed by atoms with E-state index in [2.05, 4.69) is 5.38 Å². The van der Waals surface area contributed by atoms with Crippen LogP contribution >= 0.6 is 22.7 Å². The molecule has 0 bridgehead atoms. The Morgan fingerprint density at radius 2 is 1.90 bits per heavy atom. The van der Waals surface area contributed by atoms with Crippen LogP contribution in [-0.4, -0.2) is 38.9 Å². The van der Waals surface area contributed by atoms with Gasteiger partial charge in [0, 0.05) is 19.6 Å². The van der Waals surface area contributed by atoms with Gasteiger partial charge in [0.2, 0.25) is 0 Å². The van der Waals surface area contributed by atoms with Crippen LogP contribution in [0.2, 0.25) is 0 Å². The molecule has 158 valence electrons. The van der Waals surface area contributed by atoms with E-state index in [9.17, 15) is 13.2 Å². The highest BCUT2D eigenvalue weighted by Crippen LogP contribution is 2.29. The zero-order valence-corrected chi connectivity index (χ0v) is 18.9. The standard InChI is InChI=1S/C21H22N2O4S3/c1-22(30(25,26)21-3-2-11-29-21)17-6-8-19(9-7-17)27-14-20(24)23(18-4-5-18)13-16-10-12-28-15-16/h2-3,6-12,15,18H,4-5,13-14H2,1H3. The maximum absolute atomic E-state index is 12.7. The van der Waals surface area contributed by atoms with Crippen LogP contribution in [0.4, 0.5) is 5.69 Å². The van der Waals surface area contributed by atoms with Gasteiger partial charge in [0.05, 0.1) is 5.69 Å². The van der Waals surface area contributed by atoms with Gasteiger partial charge in [-0.2, -0.15) is 11.3 Å². The molecule has 0 aliphatic heterocycles. The van der Waals surface area contributed by atoms with Crippen molar-refractivity contribution in [3.8, 4) is 5.75 Å². The molecule has 4 rings (SSSR count). The van der Waals surface area contributed by atoms with Crippen LogP contribution < -0.4 is 9.04 Å². The van der Waals surface area contributed by atoms with Gasteiger partial charge in [-0.15, -0.1) is 11.3 Å². The molecule has 3 aromatic rings. The topological polar surface area (TPSA) is 66.9 Å². The number of nitrogens with zero attached hydrogens (tertiary/aromatic N) is 2. The minimum Gasteiger partial charge on any atom is -0.484 e. The predicted molar refractivity (Wildman–Crippen MR) is 120 cm³/mol. The second-order valence-corrected chi connectivity index (χ2v) is 11.0. The number of benzene rings is 1. The van der Waals surface area contributed by atoms with E-state index < -0.39 is 10.0 Å². The van der Waals surface area contributed by atoms with E-state index in [0.717, 1.165) is 18.4 Å². The van der Waals surface area contributed by atoms with E-state index in [-0.39, 0.29) is 12.5 Å². The maximum atomic E-state index is 12.7. The zero-order chi connectivity index (χ0) is 21.1. The van der Waals surface area contributed by atoms with E-state index in [4.69, 9.17) is 4.74 Å². The average Bonchev–Trinajstić information content (AvgIpc) is 3.21. The van der Waals surface area contributed by atoms with Crippen LogP contribution in [-0.2, 0) is 21.4 Å². The van der Waals surface area contributed by atoms with Crippen molar-refractivity contribution in [2.24, 2.45) is 0 Å². The van der Waals surface area contributed by atoms with Gasteiger partial charge in [0.1, 0.15) is 9.96 Å². The predicted octanol–water partition coefficient (Wildman–Crippen LogP) is 4.20. The monoisotopic (exact) mass is 462 g/mol. The van der Waals surface area contributed by atoms with E-state index in [1.165, 1.54) is 22.7 Å². The first kappa shape index (κ1) is 20.9. The number of amides is 1. The fraction of sp³-hybridized carbons (Fsp3) is 0.286. The second kappa shape index (κ2) is 8.79. The van der Waals surface area contributed by atoms with Crippen LogP contribution in [0.3, 0.4) is 0 Å². The summed E-state index contributed by atoms with van der Waals surface area (Å²) in [5.74, 6) is 0.491. The minimum absolute atomic E-state index is 0.0369. The summed E-state index contributed by atoms with van der Waals surface area (Å²) in [6, 6.07) is 12.4. The molecular weight excluding hydrogens is 440 g/mol. The Bertz CT molecular complexity index is 1070. The molecule has 1 aliphatic carbocycles. The smallest absolute Gasteiger partial charge is 0.273 e. The van der Waals surface area contributed by atoms with Crippen LogP contribution in [0, 0.1) is 0 Å². The summed E-state index contributed by atoms with van der Waals surface area (Å²) in [5, 5.41) is 5.81. The molecule has 0 radical (unpaired) electrons. The Labute approximate surface area is 184 Å². The van der Waals surface area contributed by atoms with Crippen molar-refractivity contribution < 1.29 is 17.9 Å². The molecule has 0 N–H and O–H groups in total. The van der Waals surface area contributed by atoms with E-state index in [1.54, 1.807) is 53.1 Å². The summed E-state index contributed by atoms with van der Waals surface area (Å²) in [5.41, 5.74) is 1.67. The molecule has 1 aromatic carbocycles. The van der Waals surface area contributed by atoms with E-state index >= 15 is 0 Å². The number of anilines is 1. The van der Waals surface area contributed by atoms with Crippen molar-refractivity contribution in [1.29, 1.82) is 0 Å². The molecule has 2 heterocycles. The van der Waals surface area contributed by atoms with Crippen LogP contribution in [0.25, 0.3) is 0 Å². The molecule has 0 unspecified atom stereocenters. The lowest BCUT2D eigenvalue weighted by molar-refractivity contribution is -0.134. The van der Waals surface area contributed by atoms with Gasteiger partial charge in [0.25, 0.3) is 15.9 Å². The number of carbonyl (C=O) groups is 1. The molecule has 9 heteroatoms. The van der Waals surface area contributed by atoms with Gasteiger partial charge in [-0.3, -0.25) is 9.10 Å². The molecule has 30 heavy (non-hydrogen) atoms. The van der Waals surface area contributed by atoms with E-state index in [1.807, 2.05) is 16.3 Å². The summed E-state index contributed by atoms with van der Waals surface area (Å²) in [4.78, 5) is 14.6. The average molecular weight is 463 g/mol. The van der Waals surface area contributed by atoms with Gasteiger partial charge < -0.3 is 9.64 Å². The quantitative estimate of drug-likeness (QED) is 0.478. The lowest BCUT2D eigenvalue weighted by Gasteiger charge is -2.22. The molecule has 2 aromatic heterocycles. The highest BCUT2D eigenvalue weighted by Gasteiger charge is 2.32. The number of hydrogen-bond donors (Lipinski definition) is 0. The first-order valence-electron chi connectivity index (χ1n) is 9.51. The zero-order valence-electron chi connectivity index (χ0n) is 16.4. The Kier molecular flexibility index (Phi) is 6.12. The highest BCUT2D eigenvalue weighted by molar-refractivity contribution is 7.94.